The monoisotopic (exact) mass is 964 g/mol. The van der Waals surface area contributed by atoms with Crippen LogP contribution in [-0.4, -0.2) is 4.57 Å². The van der Waals surface area contributed by atoms with Gasteiger partial charge in [0.25, 0.3) is 0 Å². The van der Waals surface area contributed by atoms with E-state index in [0.29, 0.717) is 0 Å². The Morgan fingerprint density at radius 1 is 0.289 bits per heavy atom. The van der Waals surface area contributed by atoms with Crippen molar-refractivity contribution in [1.29, 1.82) is 0 Å². The molecule has 12 aromatic carbocycles. The van der Waals surface area contributed by atoms with Gasteiger partial charge in [0.15, 0.2) is 0 Å². The maximum absolute atomic E-state index is 2.55. The van der Waals surface area contributed by atoms with Gasteiger partial charge in [0.05, 0.1) is 27.6 Å². The summed E-state index contributed by atoms with van der Waals surface area (Å²) in [6, 6.07) is 109. The van der Waals surface area contributed by atoms with E-state index in [9.17, 15) is 0 Å². The van der Waals surface area contributed by atoms with E-state index in [1.54, 1.807) is 0 Å². The average molecular weight is 965 g/mol. The third kappa shape index (κ3) is 5.70. The zero-order chi connectivity index (χ0) is 50.0. The Bertz CT molecular complexity index is 4340. The van der Waals surface area contributed by atoms with Crippen LogP contribution >= 0.6 is 0 Å². The van der Waals surface area contributed by atoms with E-state index >= 15 is 0 Å². The highest BCUT2D eigenvalue weighted by Gasteiger charge is 2.52. The normalized spacial score (nSPS) is 13.7. The molecule has 16 rings (SSSR count). The molecule has 354 valence electrons. The van der Waals surface area contributed by atoms with E-state index in [2.05, 4.69) is 301 Å². The maximum atomic E-state index is 2.55. The smallest absolute Gasteiger partial charge is 0.0785 e. The van der Waals surface area contributed by atoms with Crippen molar-refractivity contribution in [2.45, 2.75) is 10.8 Å². The first-order valence-electron chi connectivity index (χ1n) is 26.5. The first-order valence-corrected chi connectivity index (χ1v) is 26.5. The second kappa shape index (κ2) is 16.4. The number of nitrogens with zero attached hydrogens (tertiary/aromatic N) is 2. The molecule has 0 saturated heterocycles. The van der Waals surface area contributed by atoms with Crippen molar-refractivity contribution in [3.05, 3.63) is 336 Å². The number of aromatic nitrogens is 1. The summed E-state index contributed by atoms with van der Waals surface area (Å²) in [5.41, 5.74) is 25.9. The minimum atomic E-state index is -0.645. The minimum Gasteiger partial charge on any atom is -0.308 e. The van der Waals surface area contributed by atoms with Crippen molar-refractivity contribution in [2.75, 3.05) is 4.90 Å². The van der Waals surface area contributed by atoms with E-state index in [1.165, 1.54) is 99.8 Å². The van der Waals surface area contributed by atoms with Gasteiger partial charge in [-0.3, -0.25) is 0 Å². The van der Waals surface area contributed by atoms with E-state index < -0.39 is 10.8 Å². The average Bonchev–Trinajstić information content (AvgIpc) is 4.40. The van der Waals surface area contributed by atoms with Gasteiger partial charge in [-0.1, -0.05) is 243 Å². The zero-order valence-corrected chi connectivity index (χ0v) is 41.6. The Hall–Kier alpha value is -9.76. The fraction of sp³-hybridized carbons (Fsp3) is 0.0270. The van der Waals surface area contributed by atoms with Crippen LogP contribution in [0.2, 0.25) is 0 Å². The predicted molar refractivity (Wildman–Crippen MR) is 315 cm³/mol. The van der Waals surface area contributed by atoms with Crippen molar-refractivity contribution in [3.8, 4) is 50.2 Å². The van der Waals surface area contributed by atoms with Gasteiger partial charge >= 0.3 is 0 Å². The van der Waals surface area contributed by atoms with Gasteiger partial charge in [-0.05, 0) is 138 Å². The van der Waals surface area contributed by atoms with E-state index in [-0.39, 0.29) is 0 Å². The summed E-state index contributed by atoms with van der Waals surface area (Å²) in [5, 5.41) is 2.43. The van der Waals surface area contributed by atoms with Crippen LogP contribution in [0.15, 0.2) is 291 Å². The van der Waals surface area contributed by atoms with Crippen LogP contribution in [0.3, 0.4) is 0 Å². The number of benzene rings is 12. The summed E-state index contributed by atoms with van der Waals surface area (Å²) in [7, 11) is 0. The third-order valence-electron chi connectivity index (χ3n) is 17.1. The molecule has 2 nitrogen and oxygen atoms in total. The minimum absolute atomic E-state index is 0.513. The zero-order valence-electron chi connectivity index (χ0n) is 41.6. The highest BCUT2D eigenvalue weighted by Crippen LogP contribution is 2.64. The van der Waals surface area contributed by atoms with Crippen LogP contribution in [0.4, 0.5) is 17.1 Å². The molecule has 13 aromatic rings. The Morgan fingerprint density at radius 2 is 0.724 bits per heavy atom. The largest absolute Gasteiger partial charge is 0.308 e. The fourth-order valence-corrected chi connectivity index (χ4v) is 14.2. The molecule has 3 aliphatic carbocycles. The van der Waals surface area contributed by atoms with Crippen LogP contribution in [-0.2, 0) is 10.8 Å². The molecule has 0 atom stereocenters. The van der Waals surface area contributed by atoms with Crippen molar-refractivity contribution < 1.29 is 0 Å². The van der Waals surface area contributed by atoms with Crippen molar-refractivity contribution in [1.82, 2.24) is 4.57 Å². The summed E-state index contributed by atoms with van der Waals surface area (Å²) < 4.78 is 2.54. The Labute approximate surface area is 442 Å². The van der Waals surface area contributed by atoms with Crippen molar-refractivity contribution in [2.24, 2.45) is 0 Å². The predicted octanol–water partition coefficient (Wildman–Crippen LogP) is 18.6. The molecule has 0 fully saturated rings. The number of para-hydroxylation sites is 2. The van der Waals surface area contributed by atoms with Gasteiger partial charge in [0, 0.05) is 27.8 Å². The van der Waals surface area contributed by atoms with Gasteiger partial charge in [0.1, 0.15) is 0 Å². The van der Waals surface area contributed by atoms with E-state index in [1.807, 2.05) is 0 Å². The van der Waals surface area contributed by atoms with Gasteiger partial charge < -0.3 is 9.47 Å². The third-order valence-corrected chi connectivity index (χ3v) is 17.1. The van der Waals surface area contributed by atoms with Crippen LogP contribution in [0.1, 0.15) is 44.5 Å². The molecule has 0 bridgehead atoms. The first kappa shape index (κ1) is 42.7. The molecular formula is C74H48N2. The summed E-state index contributed by atoms with van der Waals surface area (Å²) in [4.78, 5) is 2.55. The van der Waals surface area contributed by atoms with Crippen LogP contribution < -0.4 is 4.90 Å². The highest BCUT2D eigenvalue weighted by molar-refractivity contribution is 6.17. The lowest BCUT2D eigenvalue weighted by Crippen LogP contribution is -2.29. The molecule has 1 heterocycles. The lowest BCUT2D eigenvalue weighted by molar-refractivity contribution is 0.777. The lowest BCUT2D eigenvalue weighted by atomic mass is 9.66. The molecule has 1 aromatic heterocycles. The Balaban J connectivity index is 1.04. The molecule has 0 radical (unpaired) electrons. The molecular weight excluding hydrogens is 917 g/mol. The highest BCUT2D eigenvalue weighted by atomic mass is 15.2. The maximum Gasteiger partial charge on any atom is 0.0785 e. The van der Waals surface area contributed by atoms with Gasteiger partial charge in [0.2, 0.25) is 0 Å². The summed E-state index contributed by atoms with van der Waals surface area (Å²) in [6.07, 6.45) is 0. The molecule has 0 N–H and O–H groups in total. The quantitative estimate of drug-likeness (QED) is 0.155. The van der Waals surface area contributed by atoms with E-state index in [0.717, 1.165) is 33.8 Å². The topological polar surface area (TPSA) is 8.17 Å². The van der Waals surface area contributed by atoms with Crippen LogP contribution in [0.25, 0.3) is 72.0 Å². The summed E-state index contributed by atoms with van der Waals surface area (Å²) in [5.74, 6) is 0. The molecule has 2 heteroatoms. The number of hydrogen-bond acceptors (Lipinski definition) is 1. The first-order chi connectivity index (χ1) is 37.7. The SMILES string of the molecule is c1ccc(-c2ccc(N(c3ccc4c(c3)C3(c5ccccc5-c5ccccc53)c3ccccc3-4)c3ccc(C4(c5ccccc5)c5ccccc5-c5ccccc54)c4c5ccccc5n(-c5ccccc5)c34)cc2)cc1. The molecule has 0 saturated carbocycles. The van der Waals surface area contributed by atoms with Gasteiger partial charge in [-0.15, -0.1) is 0 Å². The number of anilines is 3. The second-order valence-electron chi connectivity index (χ2n) is 20.6. The molecule has 0 unspecified atom stereocenters. The lowest BCUT2D eigenvalue weighted by Gasteiger charge is -2.36. The number of fused-ring (bicyclic) bond motifs is 16. The molecule has 1 spiro atoms. The number of rotatable bonds is 7. The molecule has 0 amide bonds. The molecule has 76 heavy (non-hydrogen) atoms. The van der Waals surface area contributed by atoms with Crippen molar-refractivity contribution >= 4 is 38.9 Å². The van der Waals surface area contributed by atoms with Crippen LogP contribution in [0.5, 0.6) is 0 Å². The summed E-state index contributed by atoms with van der Waals surface area (Å²) >= 11 is 0. The van der Waals surface area contributed by atoms with Crippen LogP contribution in [0, 0.1) is 0 Å². The molecule has 0 aliphatic heterocycles. The second-order valence-corrected chi connectivity index (χ2v) is 20.6. The van der Waals surface area contributed by atoms with E-state index in [4.69, 9.17) is 0 Å². The van der Waals surface area contributed by atoms with Gasteiger partial charge in [-0.2, -0.15) is 0 Å². The summed E-state index contributed by atoms with van der Waals surface area (Å²) in [6.45, 7) is 0. The Morgan fingerprint density at radius 3 is 1.29 bits per heavy atom. The number of hydrogen-bond donors (Lipinski definition) is 0. The van der Waals surface area contributed by atoms with Crippen molar-refractivity contribution in [3.63, 3.8) is 0 Å². The Kier molecular flexibility index (Phi) is 9.20. The molecule has 3 aliphatic rings. The fourth-order valence-electron chi connectivity index (χ4n) is 14.2. The van der Waals surface area contributed by atoms with Gasteiger partial charge in [-0.25, -0.2) is 0 Å². The standard InChI is InChI=1S/C74H48N2/c1-4-22-49(23-5-1)50-40-42-53(43-41-50)75(54-44-45-60-59-32-14-20-38-66(59)74(68(60)48-54)64-36-18-12-30-57(64)58-31-13-19-37-65(58)74)70-47-46-67(71-61-33-15-21-39-69(61)76(72(70)71)52-26-8-3-9-27-52)73(51-24-6-2-7-25-51)62-34-16-10-28-55(62)56-29-11-17-35-63(56)73/h1-48H.